The van der Waals surface area contributed by atoms with Crippen LogP contribution in [-0.2, 0) is 9.47 Å². The number of aryl methyl sites for hydroxylation is 1. The number of methoxy groups -OCH3 is 2. The average molecular weight is 421 g/mol. The van der Waals surface area contributed by atoms with Gasteiger partial charge in [0.25, 0.3) is 5.91 Å². The summed E-state index contributed by atoms with van der Waals surface area (Å²) in [5.41, 5.74) is 2.05. The zero-order valence-corrected chi connectivity index (χ0v) is 17.2. The lowest BCUT2D eigenvalue weighted by atomic mass is 10.1. The topological polar surface area (TPSA) is 69.5 Å². The number of halogens is 2. The van der Waals surface area contributed by atoms with Gasteiger partial charge in [0, 0.05) is 33.5 Å². The van der Waals surface area contributed by atoms with E-state index in [0.717, 1.165) is 0 Å². The van der Waals surface area contributed by atoms with Crippen molar-refractivity contribution < 1.29 is 18.7 Å². The highest BCUT2D eigenvalue weighted by atomic mass is 35.5. The van der Waals surface area contributed by atoms with Gasteiger partial charge in [0.2, 0.25) is 0 Å². The van der Waals surface area contributed by atoms with Crippen molar-refractivity contribution in [1.82, 2.24) is 19.7 Å². The van der Waals surface area contributed by atoms with Crippen molar-refractivity contribution in [1.29, 1.82) is 0 Å². The highest BCUT2D eigenvalue weighted by molar-refractivity contribution is 6.38. The van der Waals surface area contributed by atoms with Crippen LogP contribution in [-0.4, -0.2) is 66.1 Å². The van der Waals surface area contributed by atoms with E-state index in [4.69, 9.17) is 21.1 Å². The molecule has 2 aromatic heterocycles. The third kappa shape index (κ3) is 4.39. The molecule has 0 spiro atoms. The number of nitrogens with zero attached hydrogens (tertiary/aromatic N) is 4. The number of aromatic nitrogens is 3. The molecule has 0 bridgehead atoms. The van der Waals surface area contributed by atoms with E-state index >= 15 is 0 Å². The summed E-state index contributed by atoms with van der Waals surface area (Å²) in [6, 6.07) is 5.91. The minimum atomic E-state index is -0.340. The number of rotatable bonds is 8. The predicted octanol–water partition coefficient (Wildman–Crippen LogP) is 3.26. The van der Waals surface area contributed by atoms with E-state index in [9.17, 15) is 9.18 Å². The summed E-state index contributed by atoms with van der Waals surface area (Å²) >= 11 is 6.62. The van der Waals surface area contributed by atoms with Crippen LogP contribution in [0, 0.1) is 12.7 Å². The van der Waals surface area contributed by atoms with E-state index in [-0.39, 0.29) is 22.3 Å². The fraction of sp³-hybridized carbons (Fsp3) is 0.350. The largest absolute Gasteiger partial charge is 0.383 e. The van der Waals surface area contributed by atoms with Gasteiger partial charge in [-0.05, 0) is 31.2 Å². The Labute approximate surface area is 173 Å². The summed E-state index contributed by atoms with van der Waals surface area (Å²) in [5.74, 6) is -0.597. The second-order valence-electron chi connectivity index (χ2n) is 6.44. The molecule has 3 rings (SSSR count). The maximum absolute atomic E-state index is 13.3. The molecule has 1 aromatic carbocycles. The summed E-state index contributed by atoms with van der Waals surface area (Å²) in [7, 11) is 3.15. The molecule has 0 radical (unpaired) electrons. The Balaban J connectivity index is 2.02. The molecule has 1 amide bonds. The monoisotopic (exact) mass is 420 g/mol. The van der Waals surface area contributed by atoms with Gasteiger partial charge in [0.15, 0.2) is 5.65 Å². The highest BCUT2D eigenvalue weighted by Crippen LogP contribution is 2.30. The Bertz CT molecular complexity index is 999. The van der Waals surface area contributed by atoms with Gasteiger partial charge in [0.1, 0.15) is 5.82 Å². The first-order valence-corrected chi connectivity index (χ1v) is 9.42. The Kier molecular flexibility index (Phi) is 6.79. The summed E-state index contributed by atoms with van der Waals surface area (Å²) in [4.78, 5) is 19.1. The Hall–Kier alpha value is -2.55. The van der Waals surface area contributed by atoms with Crippen molar-refractivity contribution in [3.05, 3.63) is 52.6 Å². The molecule has 0 aliphatic rings. The van der Waals surface area contributed by atoms with Crippen molar-refractivity contribution in [2.24, 2.45) is 0 Å². The van der Waals surface area contributed by atoms with Gasteiger partial charge >= 0.3 is 0 Å². The van der Waals surface area contributed by atoms with Gasteiger partial charge in [-0.3, -0.25) is 4.79 Å². The third-order valence-corrected chi connectivity index (χ3v) is 4.92. The fourth-order valence-electron chi connectivity index (χ4n) is 3.01. The molecule has 3 aromatic rings. The standard InChI is InChI=1S/C20H22ClFN4O3/c1-13-17-18(21)16(20(27)25(8-10-28-2)9-11-29-3)12-23-19(17)26(24-13)15-6-4-14(22)5-7-15/h4-7,12H,8-11H2,1-3H3. The first-order valence-electron chi connectivity index (χ1n) is 9.04. The number of carbonyl (C=O) groups excluding carboxylic acids is 1. The SMILES string of the molecule is COCCN(CCOC)C(=O)c1cnc2c(c(C)nn2-c2ccc(F)cc2)c1Cl. The molecule has 0 aliphatic carbocycles. The van der Waals surface area contributed by atoms with Crippen molar-refractivity contribution >= 4 is 28.5 Å². The average Bonchev–Trinajstić information content (AvgIpc) is 3.06. The van der Waals surface area contributed by atoms with Crippen LogP contribution in [0.15, 0.2) is 30.5 Å². The van der Waals surface area contributed by atoms with E-state index in [1.807, 2.05) is 0 Å². The molecular formula is C20H22ClFN4O3. The van der Waals surface area contributed by atoms with E-state index in [2.05, 4.69) is 10.1 Å². The molecule has 154 valence electrons. The number of hydrogen-bond donors (Lipinski definition) is 0. The van der Waals surface area contributed by atoms with Crippen molar-refractivity contribution in [2.45, 2.75) is 6.92 Å². The van der Waals surface area contributed by atoms with Crippen molar-refractivity contribution in [3.8, 4) is 5.69 Å². The first-order chi connectivity index (χ1) is 14.0. The number of hydrogen-bond acceptors (Lipinski definition) is 5. The summed E-state index contributed by atoms with van der Waals surface area (Å²) in [5, 5.41) is 5.34. The van der Waals surface area contributed by atoms with Crippen LogP contribution in [0.3, 0.4) is 0 Å². The smallest absolute Gasteiger partial charge is 0.257 e. The molecule has 0 saturated carbocycles. The van der Waals surface area contributed by atoms with Gasteiger partial charge in [-0.25, -0.2) is 14.1 Å². The molecule has 9 heteroatoms. The molecule has 2 heterocycles. The van der Waals surface area contributed by atoms with Crippen LogP contribution in [0.2, 0.25) is 5.02 Å². The normalized spacial score (nSPS) is 11.2. The van der Waals surface area contributed by atoms with Gasteiger partial charge in [-0.1, -0.05) is 11.6 Å². The molecule has 0 aliphatic heterocycles. The number of carbonyl (C=O) groups is 1. The lowest BCUT2D eigenvalue weighted by Crippen LogP contribution is -2.36. The second-order valence-corrected chi connectivity index (χ2v) is 6.81. The number of benzene rings is 1. The first kappa shape index (κ1) is 21.2. The van der Waals surface area contributed by atoms with Gasteiger partial charge < -0.3 is 14.4 Å². The lowest BCUT2D eigenvalue weighted by molar-refractivity contribution is 0.0627. The van der Waals surface area contributed by atoms with E-state index in [1.165, 1.54) is 18.3 Å². The predicted molar refractivity (Wildman–Crippen MR) is 108 cm³/mol. The Morgan fingerprint density at radius 2 is 1.79 bits per heavy atom. The van der Waals surface area contributed by atoms with Crippen molar-refractivity contribution in [2.75, 3.05) is 40.5 Å². The molecule has 0 fully saturated rings. The Morgan fingerprint density at radius 1 is 1.17 bits per heavy atom. The molecule has 0 atom stereocenters. The summed E-state index contributed by atoms with van der Waals surface area (Å²) in [6.45, 7) is 3.38. The lowest BCUT2D eigenvalue weighted by Gasteiger charge is -2.22. The minimum Gasteiger partial charge on any atom is -0.383 e. The van der Waals surface area contributed by atoms with Crippen LogP contribution < -0.4 is 0 Å². The molecule has 0 unspecified atom stereocenters. The maximum Gasteiger partial charge on any atom is 0.257 e. The zero-order valence-electron chi connectivity index (χ0n) is 16.5. The van der Waals surface area contributed by atoms with E-state index in [1.54, 1.807) is 42.9 Å². The summed E-state index contributed by atoms with van der Waals surface area (Å²) in [6.07, 6.45) is 1.45. The second kappa shape index (κ2) is 9.30. The van der Waals surface area contributed by atoms with Gasteiger partial charge in [-0.15, -0.1) is 0 Å². The maximum atomic E-state index is 13.3. The van der Waals surface area contributed by atoms with Crippen LogP contribution in [0.4, 0.5) is 4.39 Å². The summed E-state index contributed by atoms with van der Waals surface area (Å²) < 4.78 is 25.0. The number of ether oxygens (including phenoxy) is 2. The van der Waals surface area contributed by atoms with Gasteiger partial charge in [0.05, 0.1) is 40.6 Å². The quantitative estimate of drug-likeness (QED) is 0.559. The van der Waals surface area contributed by atoms with Crippen LogP contribution in [0.25, 0.3) is 16.7 Å². The van der Waals surface area contributed by atoms with Crippen molar-refractivity contribution in [3.63, 3.8) is 0 Å². The molecule has 7 nitrogen and oxygen atoms in total. The molecule has 29 heavy (non-hydrogen) atoms. The zero-order chi connectivity index (χ0) is 21.0. The number of amides is 1. The van der Waals surface area contributed by atoms with Crippen LogP contribution >= 0.6 is 11.6 Å². The van der Waals surface area contributed by atoms with Crippen LogP contribution in [0.1, 0.15) is 16.1 Å². The number of fused-ring (bicyclic) bond motifs is 1. The Morgan fingerprint density at radius 3 is 2.38 bits per heavy atom. The fourth-order valence-corrected chi connectivity index (χ4v) is 3.36. The molecule has 0 N–H and O–H groups in total. The van der Waals surface area contributed by atoms with Gasteiger partial charge in [-0.2, -0.15) is 5.10 Å². The third-order valence-electron chi connectivity index (χ3n) is 4.53. The number of pyridine rings is 1. The van der Waals surface area contributed by atoms with Crippen LogP contribution in [0.5, 0.6) is 0 Å². The van der Waals surface area contributed by atoms with E-state index in [0.29, 0.717) is 48.7 Å². The highest BCUT2D eigenvalue weighted by Gasteiger charge is 2.23. The van der Waals surface area contributed by atoms with E-state index < -0.39 is 0 Å². The molecular weight excluding hydrogens is 399 g/mol. The molecule has 0 saturated heterocycles. The minimum absolute atomic E-state index is 0.257.